The first kappa shape index (κ1) is 14.6. The molecule has 2 heterocycles. The lowest BCUT2D eigenvalue weighted by Gasteiger charge is -2.20. The molecule has 0 unspecified atom stereocenters. The first-order valence-electron chi connectivity index (χ1n) is 7.91. The normalized spacial score (nSPS) is 13.9. The van der Waals surface area contributed by atoms with Gasteiger partial charge in [-0.15, -0.1) is 0 Å². The SMILES string of the molecule is Cc1cc(-c2nc(CN(C(=O)c3ccccc3)C3CC3)no2)n[nH]1. The minimum absolute atomic E-state index is 0.0000592. The van der Waals surface area contributed by atoms with Gasteiger partial charge in [0.25, 0.3) is 11.8 Å². The second kappa shape index (κ2) is 5.92. The fourth-order valence-electron chi connectivity index (χ4n) is 2.60. The topological polar surface area (TPSA) is 87.9 Å². The molecule has 7 nitrogen and oxygen atoms in total. The molecule has 1 fully saturated rings. The van der Waals surface area contributed by atoms with Gasteiger partial charge in [-0.1, -0.05) is 23.4 Å². The smallest absolute Gasteiger partial charge is 0.278 e. The standard InChI is InChI=1S/C17H17N5O2/c1-11-9-14(20-19-11)16-18-15(21-24-16)10-22(13-7-8-13)17(23)12-5-3-2-4-6-12/h2-6,9,13H,7-8,10H2,1H3,(H,19,20). The molecule has 1 aliphatic rings. The monoisotopic (exact) mass is 323 g/mol. The number of carbonyl (C=O) groups is 1. The summed E-state index contributed by atoms with van der Waals surface area (Å²) >= 11 is 0. The highest BCUT2D eigenvalue weighted by molar-refractivity contribution is 5.94. The van der Waals surface area contributed by atoms with E-state index in [0.717, 1.165) is 18.5 Å². The molecule has 0 radical (unpaired) electrons. The van der Waals surface area contributed by atoms with Crippen molar-refractivity contribution >= 4 is 5.91 Å². The molecule has 0 aliphatic heterocycles. The quantitative estimate of drug-likeness (QED) is 0.779. The molecule has 7 heteroatoms. The van der Waals surface area contributed by atoms with Crippen LogP contribution in [0.2, 0.25) is 0 Å². The predicted octanol–water partition coefficient (Wildman–Crippen LogP) is 2.57. The van der Waals surface area contributed by atoms with E-state index in [1.807, 2.05) is 48.2 Å². The average molecular weight is 323 g/mol. The van der Waals surface area contributed by atoms with Crippen LogP contribution < -0.4 is 0 Å². The number of benzene rings is 1. The van der Waals surface area contributed by atoms with Crippen molar-refractivity contribution in [3.63, 3.8) is 0 Å². The molecule has 1 saturated carbocycles. The van der Waals surface area contributed by atoms with Gasteiger partial charge < -0.3 is 9.42 Å². The van der Waals surface area contributed by atoms with Gasteiger partial charge in [0.15, 0.2) is 11.5 Å². The maximum Gasteiger partial charge on any atom is 0.278 e. The zero-order chi connectivity index (χ0) is 16.5. The molecule has 1 N–H and O–H groups in total. The number of H-pyrrole nitrogens is 1. The second-order valence-electron chi connectivity index (χ2n) is 5.98. The number of aromatic nitrogens is 4. The zero-order valence-corrected chi connectivity index (χ0v) is 13.3. The fourth-order valence-corrected chi connectivity index (χ4v) is 2.60. The molecule has 122 valence electrons. The summed E-state index contributed by atoms with van der Waals surface area (Å²) < 4.78 is 5.27. The van der Waals surface area contributed by atoms with E-state index in [1.54, 1.807) is 0 Å². The van der Waals surface area contributed by atoms with Gasteiger partial charge in [-0.2, -0.15) is 10.1 Å². The molecule has 1 aliphatic carbocycles. The lowest BCUT2D eigenvalue weighted by molar-refractivity contribution is 0.0724. The van der Waals surface area contributed by atoms with Crippen molar-refractivity contribution in [3.05, 3.63) is 53.5 Å². The Bertz CT molecular complexity index is 851. The highest BCUT2D eigenvalue weighted by Gasteiger charge is 2.34. The Morgan fingerprint density at radius 1 is 1.33 bits per heavy atom. The molecule has 0 spiro atoms. The Balaban J connectivity index is 1.54. The minimum atomic E-state index is 0.0000592. The first-order valence-corrected chi connectivity index (χ1v) is 7.91. The fraction of sp³-hybridized carbons (Fsp3) is 0.294. The van der Waals surface area contributed by atoms with Crippen molar-refractivity contribution in [2.24, 2.45) is 0 Å². The Labute approximate surface area is 138 Å². The number of hydrogen-bond acceptors (Lipinski definition) is 5. The van der Waals surface area contributed by atoms with Gasteiger partial charge in [0.1, 0.15) is 0 Å². The van der Waals surface area contributed by atoms with Crippen LogP contribution in [0.25, 0.3) is 11.6 Å². The van der Waals surface area contributed by atoms with Crippen LogP contribution in [0, 0.1) is 6.92 Å². The van der Waals surface area contributed by atoms with E-state index >= 15 is 0 Å². The van der Waals surface area contributed by atoms with Crippen LogP contribution in [0.15, 0.2) is 40.9 Å². The zero-order valence-electron chi connectivity index (χ0n) is 13.3. The number of amides is 1. The van der Waals surface area contributed by atoms with E-state index in [-0.39, 0.29) is 11.9 Å². The largest absolute Gasteiger partial charge is 0.332 e. The van der Waals surface area contributed by atoms with E-state index < -0.39 is 0 Å². The summed E-state index contributed by atoms with van der Waals surface area (Å²) in [6.45, 7) is 2.24. The summed E-state index contributed by atoms with van der Waals surface area (Å²) in [6.07, 6.45) is 2.03. The van der Waals surface area contributed by atoms with Crippen molar-refractivity contribution < 1.29 is 9.32 Å². The molecule has 2 aromatic heterocycles. The molecule has 3 aromatic rings. The van der Waals surface area contributed by atoms with Crippen LogP contribution in [0.5, 0.6) is 0 Å². The van der Waals surface area contributed by atoms with Gasteiger partial charge in [0.2, 0.25) is 0 Å². The summed E-state index contributed by atoms with van der Waals surface area (Å²) in [5.41, 5.74) is 2.21. The van der Waals surface area contributed by atoms with Gasteiger partial charge in [-0.25, -0.2) is 0 Å². The van der Waals surface area contributed by atoms with E-state index in [2.05, 4.69) is 20.3 Å². The summed E-state index contributed by atoms with van der Waals surface area (Å²) in [5, 5.41) is 10.9. The van der Waals surface area contributed by atoms with Crippen LogP contribution in [0.3, 0.4) is 0 Å². The number of rotatable bonds is 5. The minimum Gasteiger partial charge on any atom is -0.332 e. The molecule has 0 bridgehead atoms. The molecule has 1 amide bonds. The van der Waals surface area contributed by atoms with E-state index in [9.17, 15) is 4.79 Å². The van der Waals surface area contributed by atoms with E-state index in [0.29, 0.717) is 29.5 Å². The maximum atomic E-state index is 12.7. The third-order valence-electron chi connectivity index (χ3n) is 3.97. The van der Waals surface area contributed by atoms with Crippen LogP contribution in [0.1, 0.15) is 34.7 Å². The van der Waals surface area contributed by atoms with E-state index in [4.69, 9.17) is 4.52 Å². The maximum absolute atomic E-state index is 12.7. The van der Waals surface area contributed by atoms with Gasteiger partial charge in [0, 0.05) is 17.3 Å². The van der Waals surface area contributed by atoms with Gasteiger partial charge in [0.05, 0.1) is 6.54 Å². The summed E-state index contributed by atoms with van der Waals surface area (Å²) in [4.78, 5) is 18.9. The van der Waals surface area contributed by atoms with Crippen molar-refractivity contribution in [2.75, 3.05) is 0 Å². The van der Waals surface area contributed by atoms with Gasteiger partial charge in [-0.05, 0) is 38.0 Å². The van der Waals surface area contributed by atoms with Crippen molar-refractivity contribution in [3.8, 4) is 11.6 Å². The Kier molecular flexibility index (Phi) is 3.60. The number of nitrogens with zero attached hydrogens (tertiary/aromatic N) is 4. The van der Waals surface area contributed by atoms with Gasteiger partial charge in [-0.3, -0.25) is 9.89 Å². The third kappa shape index (κ3) is 2.92. The lowest BCUT2D eigenvalue weighted by atomic mass is 10.2. The molecule has 4 rings (SSSR count). The van der Waals surface area contributed by atoms with Crippen LogP contribution in [0.4, 0.5) is 0 Å². The summed E-state index contributed by atoms with van der Waals surface area (Å²) in [6, 6.07) is 11.4. The van der Waals surface area contributed by atoms with Crippen LogP contribution in [-0.4, -0.2) is 37.2 Å². The average Bonchev–Trinajstić information content (AvgIpc) is 3.18. The lowest BCUT2D eigenvalue weighted by Crippen LogP contribution is -2.33. The summed E-state index contributed by atoms with van der Waals surface area (Å²) in [7, 11) is 0. The number of nitrogens with one attached hydrogen (secondary N) is 1. The van der Waals surface area contributed by atoms with Crippen LogP contribution in [-0.2, 0) is 6.54 Å². The first-order chi connectivity index (χ1) is 11.7. The predicted molar refractivity (Wildman–Crippen MR) is 86.0 cm³/mol. The highest BCUT2D eigenvalue weighted by atomic mass is 16.5. The van der Waals surface area contributed by atoms with Gasteiger partial charge >= 0.3 is 0 Å². The molecule has 0 atom stereocenters. The number of aromatic amines is 1. The molecule has 24 heavy (non-hydrogen) atoms. The van der Waals surface area contributed by atoms with Crippen molar-refractivity contribution in [1.29, 1.82) is 0 Å². The Morgan fingerprint density at radius 3 is 2.79 bits per heavy atom. The third-order valence-corrected chi connectivity index (χ3v) is 3.97. The molecular weight excluding hydrogens is 306 g/mol. The van der Waals surface area contributed by atoms with Crippen molar-refractivity contribution in [2.45, 2.75) is 32.4 Å². The second-order valence-corrected chi connectivity index (χ2v) is 5.98. The molecular formula is C17H17N5O2. The molecule has 0 saturated heterocycles. The highest BCUT2D eigenvalue weighted by Crippen LogP contribution is 2.29. The number of aryl methyl sites for hydroxylation is 1. The molecule has 1 aromatic carbocycles. The Hall–Kier alpha value is -2.96. The van der Waals surface area contributed by atoms with Crippen LogP contribution >= 0.6 is 0 Å². The number of carbonyl (C=O) groups excluding carboxylic acids is 1. The van der Waals surface area contributed by atoms with E-state index in [1.165, 1.54) is 0 Å². The number of hydrogen-bond donors (Lipinski definition) is 1. The van der Waals surface area contributed by atoms with Crippen molar-refractivity contribution in [1.82, 2.24) is 25.2 Å². The Morgan fingerprint density at radius 2 is 2.12 bits per heavy atom. The summed E-state index contributed by atoms with van der Waals surface area (Å²) in [5.74, 6) is 0.846.